The maximum atomic E-state index is 12.8. The summed E-state index contributed by atoms with van der Waals surface area (Å²) >= 11 is 11.8. The van der Waals surface area contributed by atoms with Crippen LogP contribution in [0.4, 0.5) is 11.4 Å². The number of halogens is 2. The zero-order valence-corrected chi connectivity index (χ0v) is 14.5. The van der Waals surface area contributed by atoms with Crippen LogP contribution in [0.15, 0.2) is 41.3 Å². The molecule has 0 unspecified atom stereocenters. The lowest BCUT2D eigenvalue weighted by molar-refractivity contribution is -0.384. The highest BCUT2D eigenvalue weighted by atomic mass is 35.5. The van der Waals surface area contributed by atoms with Crippen molar-refractivity contribution < 1.29 is 13.3 Å². The molecule has 6 nitrogen and oxygen atoms in total. The summed E-state index contributed by atoms with van der Waals surface area (Å²) in [5.41, 5.74) is 0.555. The molecule has 2 aromatic rings. The number of nitro benzene ring substituents is 1. The number of sulfonamides is 1. The van der Waals surface area contributed by atoms with Gasteiger partial charge in [0, 0.05) is 24.2 Å². The average Bonchev–Trinajstić information content (AvgIpc) is 2.49. The van der Waals surface area contributed by atoms with Crippen LogP contribution in [-0.4, -0.2) is 20.4 Å². The van der Waals surface area contributed by atoms with Crippen molar-refractivity contribution in [3.05, 3.63) is 62.1 Å². The summed E-state index contributed by atoms with van der Waals surface area (Å²) in [6, 6.07) is 8.09. The molecule has 0 spiro atoms. The highest BCUT2D eigenvalue weighted by Crippen LogP contribution is 2.32. The molecule has 0 aliphatic heterocycles. The van der Waals surface area contributed by atoms with Gasteiger partial charge in [0.1, 0.15) is 4.90 Å². The van der Waals surface area contributed by atoms with Crippen molar-refractivity contribution in [3.63, 3.8) is 0 Å². The fourth-order valence-electron chi connectivity index (χ4n) is 2.00. The maximum absolute atomic E-state index is 12.8. The van der Waals surface area contributed by atoms with E-state index in [2.05, 4.69) is 0 Å². The van der Waals surface area contributed by atoms with Gasteiger partial charge in [-0.25, -0.2) is 8.42 Å². The molecular formula is C14H12Cl2N2O4S. The van der Waals surface area contributed by atoms with E-state index in [4.69, 9.17) is 23.2 Å². The van der Waals surface area contributed by atoms with Crippen LogP contribution in [-0.2, 0) is 10.0 Å². The molecule has 0 aliphatic carbocycles. The zero-order chi connectivity index (χ0) is 17.4. The lowest BCUT2D eigenvalue weighted by Gasteiger charge is -2.22. The summed E-state index contributed by atoms with van der Waals surface area (Å²) in [4.78, 5) is 10.2. The van der Waals surface area contributed by atoms with E-state index in [9.17, 15) is 18.5 Å². The van der Waals surface area contributed by atoms with E-state index in [1.165, 1.54) is 43.4 Å². The van der Waals surface area contributed by atoms with Crippen LogP contribution in [0, 0.1) is 17.0 Å². The van der Waals surface area contributed by atoms with Crippen LogP contribution in [0.3, 0.4) is 0 Å². The van der Waals surface area contributed by atoms with Gasteiger partial charge in [-0.3, -0.25) is 14.4 Å². The van der Waals surface area contributed by atoms with E-state index >= 15 is 0 Å². The molecule has 0 saturated carbocycles. The molecule has 0 saturated heterocycles. The minimum Gasteiger partial charge on any atom is -0.269 e. The van der Waals surface area contributed by atoms with Crippen molar-refractivity contribution in [2.45, 2.75) is 11.8 Å². The number of nitro groups is 1. The van der Waals surface area contributed by atoms with Gasteiger partial charge in [0.25, 0.3) is 15.7 Å². The van der Waals surface area contributed by atoms with E-state index in [-0.39, 0.29) is 26.3 Å². The van der Waals surface area contributed by atoms with E-state index in [0.717, 1.165) is 4.31 Å². The van der Waals surface area contributed by atoms with Crippen LogP contribution >= 0.6 is 23.2 Å². The Morgan fingerprint density at radius 3 is 2.39 bits per heavy atom. The molecule has 2 rings (SSSR count). The number of rotatable bonds is 4. The summed E-state index contributed by atoms with van der Waals surface area (Å²) in [5, 5.41) is 11.1. The van der Waals surface area contributed by atoms with Gasteiger partial charge in [0.2, 0.25) is 0 Å². The normalized spacial score (nSPS) is 11.3. The lowest BCUT2D eigenvalue weighted by Crippen LogP contribution is -2.27. The maximum Gasteiger partial charge on any atom is 0.271 e. The van der Waals surface area contributed by atoms with Crippen molar-refractivity contribution in [1.82, 2.24) is 0 Å². The predicted molar refractivity (Wildman–Crippen MR) is 89.9 cm³/mol. The molecule has 23 heavy (non-hydrogen) atoms. The number of hydrogen-bond donors (Lipinski definition) is 0. The van der Waals surface area contributed by atoms with Gasteiger partial charge in [0.05, 0.1) is 15.6 Å². The van der Waals surface area contributed by atoms with E-state index in [0.29, 0.717) is 5.56 Å². The van der Waals surface area contributed by atoms with Gasteiger partial charge in [-0.2, -0.15) is 0 Å². The number of nitrogens with zero attached hydrogens (tertiary/aromatic N) is 2. The van der Waals surface area contributed by atoms with Gasteiger partial charge in [-0.1, -0.05) is 29.3 Å². The molecule has 0 aliphatic rings. The molecule has 9 heteroatoms. The fourth-order valence-corrected chi connectivity index (χ4v) is 3.99. The Bertz CT molecular complexity index is 884. The molecule has 122 valence electrons. The first-order valence-electron chi connectivity index (χ1n) is 6.33. The molecule has 2 aromatic carbocycles. The molecule has 0 radical (unpaired) electrons. The average molecular weight is 375 g/mol. The summed E-state index contributed by atoms with van der Waals surface area (Å²) in [5.74, 6) is 0. The first-order chi connectivity index (χ1) is 10.6. The van der Waals surface area contributed by atoms with Crippen LogP contribution in [0.25, 0.3) is 0 Å². The van der Waals surface area contributed by atoms with E-state index in [1.54, 1.807) is 6.92 Å². The summed E-state index contributed by atoms with van der Waals surface area (Å²) in [6.45, 7) is 1.66. The molecule has 0 N–H and O–H groups in total. The number of anilines is 1. The Hall–Kier alpha value is -1.83. The zero-order valence-electron chi connectivity index (χ0n) is 12.2. The van der Waals surface area contributed by atoms with Gasteiger partial charge >= 0.3 is 0 Å². The summed E-state index contributed by atoms with van der Waals surface area (Å²) in [7, 11) is -2.71. The Kier molecular flexibility index (Phi) is 4.84. The Morgan fingerprint density at radius 1 is 1.13 bits per heavy atom. The van der Waals surface area contributed by atoms with E-state index in [1.807, 2.05) is 0 Å². The fraction of sp³-hybridized carbons (Fsp3) is 0.143. The Balaban J connectivity index is 2.59. The minimum absolute atomic E-state index is 0.0179. The SMILES string of the molecule is Cc1ccc([N+](=O)[O-])cc1N(C)S(=O)(=O)c1cc(Cl)ccc1Cl. The summed E-state index contributed by atoms with van der Waals surface area (Å²) < 4.78 is 26.5. The second kappa shape index (κ2) is 6.35. The topological polar surface area (TPSA) is 80.5 Å². The standard InChI is InChI=1S/C14H12Cl2N2O4S/c1-9-3-5-11(18(19)20)8-13(9)17(2)23(21,22)14-7-10(15)4-6-12(14)16/h3-8H,1-2H3. The second-order valence-electron chi connectivity index (χ2n) is 4.78. The third kappa shape index (κ3) is 3.41. The predicted octanol–water partition coefficient (Wildman–Crippen LogP) is 4.04. The molecule has 0 fully saturated rings. The number of hydrogen-bond acceptors (Lipinski definition) is 4. The van der Waals surface area contributed by atoms with Crippen LogP contribution in [0.2, 0.25) is 10.0 Å². The molecule has 0 aromatic heterocycles. The molecule has 0 amide bonds. The first kappa shape index (κ1) is 17.5. The van der Waals surface area contributed by atoms with Crippen molar-refractivity contribution >= 4 is 44.6 Å². The third-order valence-corrected chi connectivity index (χ3v) is 5.76. The van der Waals surface area contributed by atoms with Crippen molar-refractivity contribution in [2.24, 2.45) is 0 Å². The number of aryl methyl sites for hydroxylation is 1. The quantitative estimate of drug-likeness (QED) is 0.597. The highest BCUT2D eigenvalue weighted by Gasteiger charge is 2.26. The van der Waals surface area contributed by atoms with Gasteiger partial charge < -0.3 is 0 Å². The van der Waals surface area contributed by atoms with Gasteiger partial charge in [-0.15, -0.1) is 0 Å². The first-order valence-corrected chi connectivity index (χ1v) is 8.53. The highest BCUT2D eigenvalue weighted by molar-refractivity contribution is 7.93. The Labute approximate surface area is 143 Å². The molecule has 0 heterocycles. The van der Waals surface area contributed by atoms with Crippen LogP contribution in [0.5, 0.6) is 0 Å². The largest absolute Gasteiger partial charge is 0.271 e. The van der Waals surface area contributed by atoms with Crippen LogP contribution < -0.4 is 4.31 Å². The smallest absolute Gasteiger partial charge is 0.269 e. The van der Waals surface area contributed by atoms with Gasteiger partial charge in [0.15, 0.2) is 0 Å². The monoisotopic (exact) mass is 374 g/mol. The summed E-state index contributed by atoms with van der Waals surface area (Å²) in [6.07, 6.45) is 0. The minimum atomic E-state index is -4.02. The Morgan fingerprint density at radius 2 is 1.78 bits per heavy atom. The van der Waals surface area contributed by atoms with Crippen molar-refractivity contribution in [1.29, 1.82) is 0 Å². The van der Waals surface area contributed by atoms with Crippen molar-refractivity contribution in [3.8, 4) is 0 Å². The lowest BCUT2D eigenvalue weighted by atomic mass is 10.2. The number of non-ortho nitro benzene ring substituents is 1. The second-order valence-corrected chi connectivity index (χ2v) is 7.56. The molecular weight excluding hydrogens is 363 g/mol. The van der Waals surface area contributed by atoms with Gasteiger partial charge in [-0.05, 0) is 30.7 Å². The third-order valence-electron chi connectivity index (χ3n) is 3.27. The molecule has 0 atom stereocenters. The van der Waals surface area contributed by atoms with Crippen LogP contribution in [0.1, 0.15) is 5.56 Å². The number of benzene rings is 2. The van der Waals surface area contributed by atoms with E-state index < -0.39 is 14.9 Å². The molecule has 0 bridgehead atoms. The van der Waals surface area contributed by atoms with Crippen molar-refractivity contribution in [2.75, 3.05) is 11.4 Å².